The molecule has 0 saturated heterocycles. The van der Waals surface area contributed by atoms with E-state index in [1.807, 2.05) is 20.8 Å². The van der Waals surface area contributed by atoms with Gasteiger partial charge < -0.3 is 19.9 Å². The van der Waals surface area contributed by atoms with E-state index in [1.54, 1.807) is 23.6 Å². The Balaban J connectivity index is 1.91. The molecular weight excluding hydrogens is 487 g/mol. The summed E-state index contributed by atoms with van der Waals surface area (Å²) in [5, 5.41) is 14.5. The molecule has 1 heterocycles. The lowest BCUT2D eigenvalue weighted by Gasteiger charge is -2.18. The Hall–Kier alpha value is -4.33. The molecule has 11 heteroatoms. The Kier molecular flexibility index (Phi) is 7.62. The lowest BCUT2D eigenvalue weighted by atomic mass is 9.97. The van der Waals surface area contributed by atoms with Crippen molar-refractivity contribution in [3.05, 3.63) is 70.8 Å². The zero-order valence-electron chi connectivity index (χ0n) is 20.9. The molecule has 0 bridgehead atoms. The highest BCUT2D eigenvalue weighted by Gasteiger charge is 2.33. The number of halogens is 3. The summed E-state index contributed by atoms with van der Waals surface area (Å²) in [6, 6.07) is 7.72. The van der Waals surface area contributed by atoms with Crippen LogP contribution in [0.3, 0.4) is 0 Å². The number of rotatable bonds is 6. The van der Waals surface area contributed by atoms with E-state index in [1.165, 1.54) is 31.8 Å². The van der Waals surface area contributed by atoms with Gasteiger partial charge in [-0.25, -0.2) is 4.98 Å². The molecule has 2 amide bonds. The van der Waals surface area contributed by atoms with Crippen LogP contribution in [-0.4, -0.2) is 35.0 Å². The van der Waals surface area contributed by atoms with Crippen molar-refractivity contribution < 1.29 is 27.5 Å². The van der Waals surface area contributed by atoms with Crippen molar-refractivity contribution in [1.82, 2.24) is 14.9 Å². The van der Waals surface area contributed by atoms with Gasteiger partial charge in [0.25, 0.3) is 11.8 Å². The number of ether oxygens (including phenoxy) is 1. The third-order valence-corrected chi connectivity index (χ3v) is 5.33. The van der Waals surface area contributed by atoms with E-state index in [9.17, 15) is 28.0 Å². The Bertz CT molecular complexity index is 1380. The Labute approximate surface area is 212 Å². The molecule has 0 spiro atoms. The van der Waals surface area contributed by atoms with E-state index in [0.717, 1.165) is 5.56 Å². The summed E-state index contributed by atoms with van der Waals surface area (Å²) in [6.45, 7) is 8.22. The van der Waals surface area contributed by atoms with Crippen molar-refractivity contribution in [1.29, 1.82) is 5.26 Å². The summed E-state index contributed by atoms with van der Waals surface area (Å²) >= 11 is 0. The van der Waals surface area contributed by atoms with E-state index in [4.69, 9.17) is 4.74 Å². The van der Waals surface area contributed by atoms with Crippen molar-refractivity contribution in [2.24, 2.45) is 5.41 Å². The number of anilines is 1. The summed E-state index contributed by atoms with van der Waals surface area (Å²) < 4.78 is 46.7. The number of nitrogens with zero attached hydrogens (tertiary/aromatic N) is 3. The number of imidazole rings is 1. The SMILES string of the molecule is COc1c(C#N)cc(C(F)(F)F)cc1NC(=O)c1ccc(C)c(-n2cnc(C(=O)NCC(C)(C)C)c2)c1. The van der Waals surface area contributed by atoms with Gasteiger partial charge in [0.15, 0.2) is 5.75 Å². The number of methoxy groups -OCH3 is 1. The first-order chi connectivity index (χ1) is 17.2. The van der Waals surface area contributed by atoms with Gasteiger partial charge in [0.2, 0.25) is 0 Å². The monoisotopic (exact) mass is 513 g/mol. The summed E-state index contributed by atoms with van der Waals surface area (Å²) in [6.07, 6.45) is -1.77. The smallest absolute Gasteiger partial charge is 0.416 e. The Morgan fingerprint density at radius 1 is 1.14 bits per heavy atom. The minimum Gasteiger partial charge on any atom is -0.493 e. The second-order valence-electron chi connectivity index (χ2n) is 9.58. The maximum Gasteiger partial charge on any atom is 0.416 e. The summed E-state index contributed by atoms with van der Waals surface area (Å²) in [5.74, 6) is -1.24. The number of benzene rings is 2. The average Bonchev–Trinajstić information content (AvgIpc) is 3.31. The summed E-state index contributed by atoms with van der Waals surface area (Å²) in [4.78, 5) is 29.6. The first-order valence-electron chi connectivity index (χ1n) is 11.2. The molecule has 0 atom stereocenters. The molecule has 3 aromatic rings. The molecule has 0 unspecified atom stereocenters. The molecule has 0 aliphatic rings. The fraction of sp³-hybridized carbons (Fsp3) is 0.308. The summed E-state index contributed by atoms with van der Waals surface area (Å²) in [5.41, 5.74) is -0.230. The molecule has 3 rings (SSSR count). The third kappa shape index (κ3) is 6.46. The lowest BCUT2D eigenvalue weighted by Crippen LogP contribution is -2.32. The van der Waals surface area contributed by atoms with Gasteiger partial charge in [-0.2, -0.15) is 18.4 Å². The largest absolute Gasteiger partial charge is 0.493 e. The molecule has 2 aromatic carbocycles. The number of nitrogens with one attached hydrogen (secondary N) is 2. The molecule has 37 heavy (non-hydrogen) atoms. The number of hydrogen-bond acceptors (Lipinski definition) is 5. The van der Waals surface area contributed by atoms with Gasteiger partial charge in [-0.1, -0.05) is 26.8 Å². The van der Waals surface area contributed by atoms with Gasteiger partial charge in [-0.15, -0.1) is 0 Å². The van der Waals surface area contributed by atoms with Crippen molar-refractivity contribution >= 4 is 17.5 Å². The third-order valence-electron chi connectivity index (χ3n) is 5.33. The van der Waals surface area contributed by atoms with Crippen LogP contribution in [0.2, 0.25) is 0 Å². The van der Waals surface area contributed by atoms with E-state index in [0.29, 0.717) is 24.4 Å². The van der Waals surface area contributed by atoms with Crippen molar-refractivity contribution in [2.75, 3.05) is 19.0 Å². The minimum absolute atomic E-state index is 0.104. The van der Waals surface area contributed by atoms with Crippen LogP contribution in [0.15, 0.2) is 42.9 Å². The van der Waals surface area contributed by atoms with Crippen LogP contribution in [0, 0.1) is 23.7 Å². The number of carbonyl (C=O) groups is 2. The number of amides is 2. The van der Waals surface area contributed by atoms with Gasteiger partial charge >= 0.3 is 6.18 Å². The van der Waals surface area contributed by atoms with E-state index in [-0.39, 0.29) is 39.6 Å². The Morgan fingerprint density at radius 3 is 2.43 bits per heavy atom. The predicted octanol–water partition coefficient (Wildman–Crippen LogP) is 5.11. The zero-order chi connectivity index (χ0) is 27.5. The van der Waals surface area contributed by atoms with Gasteiger partial charge in [0.1, 0.15) is 18.1 Å². The maximum absolute atomic E-state index is 13.3. The molecule has 0 fully saturated rings. The highest BCUT2D eigenvalue weighted by atomic mass is 19.4. The number of aryl methyl sites for hydroxylation is 1. The van der Waals surface area contributed by atoms with Crippen LogP contribution in [0.4, 0.5) is 18.9 Å². The van der Waals surface area contributed by atoms with Crippen LogP contribution < -0.4 is 15.4 Å². The number of aromatic nitrogens is 2. The number of nitriles is 1. The van der Waals surface area contributed by atoms with Crippen LogP contribution >= 0.6 is 0 Å². The van der Waals surface area contributed by atoms with Crippen LogP contribution in [0.5, 0.6) is 5.75 Å². The summed E-state index contributed by atoms with van der Waals surface area (Å²) in [7, 11) is 1.19. The maximum atomic E-state index is 13.3. The van der Waals surface area contributed by atoms with E-state index < -0.39 is 17.6 Å². The topological polar surface area (TPSA) is 109 Å². The second-order valence-corrected chi connectivity index (χ2v) is 9.58. The molecule has 1 aromatic heterocycles. The zero-order valence-corrected chi connectivity index (χ0v) is 20.9. The highest BCUT2D eigenvalue weighted by molar-refractivity contribution is 6.05. The van der Waals surface area contributed by atoms with Crippen LogP contribution in [-0.2, 0) is 6.18 Å². The first-order valence-corrected chi connectivity index (χ1v) is 11.2. The first kappa shape index (κ1) is 27.3. The van der Waals surface area contributed by atoms with Gasteiger partial charge in [0.05, 0.1) is 29.6 Å². The average molecular weight is 514 g/mol. The molecule has 0 aliphatic carbocycles. The molecule has 0 saturated carbocycles. The second kappa shape index (κ2) is 10.3. The predicted molar refractivity (Wildman–Crippen MR) is 131 cm³/mol. The molecule has 0 radical (unpaired) electrons. The number of carbonyl (C=O) groups excluding carboxylic acids is 2. The van der Waals surface area contributed by atoms with Crippen LogP contribution in [0.25, 0.3) is 5.69 Å². The Morgan fingerprint density at radius 2 is 1.84 bits per heavy atom. The fourth-order valence-corrected chi connectivity index (χ4v) is 3.42. The fourth-order valence-electron chi connectivity index (χ4n) is 3.42. The van der Waals surface area contributed by atoms with Crippen molar-refractivity contribution in [3.63, 3.8) is 0 Å². The van der Waals surface area contributed by atoms with Gasteiger partial charge in [-0.3, -0.25) is 9.59 Å². The number of alkyl halides is 3. The number of hydrogen-bond donors (Lipinski definition) is 2. The van der Waals surface area contributed by atoms with Crippen molar-refractivity contribution in [2.45, 2.75) is 33.9 Å². The minimum atomic E-state index is -4.73. The molecule has 8 nitrogen and oxygen atoms in total. The molecule has 0 aliphatic heterocycles. The quantitative estimate of drug-likeness (QED) is 0.476. The van der Waals surface area contributed by atoms with Gasteiger partial charge in [-0.05, 0) is 42.2 Å². The molecule has 194 valence electrons. The normalized spacial score (nSPS) is 11.5. The van der Waals surface area contributed by atoms with Crippen LogP contribution in [0.1, 0.15) is 58.3 Å². The van der Waals surface area contributed by atoms with Crippen molar-refractivity contribution in [3.8, 4) is 17.5 Å². The molecular formula is C26H26F3N5O3. The molecule has 2 N–H and O–H groups in total. The highest BCUT2D eigenvalue weighted by Crippen LogP contribution is 2.37. The standard InChI is InChI=1S/C26H26F3N5O3/c1-15-6-7-16(9-21(15)34-12-20(32-14-34)24(36)31-13-25(2,3)4)23(35)33-19-10-18(26(27,28)29)8-17(11-30)22(19)37-5/h6-10,12,14H,13H2,1-5H3,(H,31,36)(H,33,35). The lowest BCUT2D eigenvalue weighted by molar-refractivity contribution is -0.137. The van der Waals surface area contributed by atoms with Gasteiger partial charge in [0, 0.05) is 18.3 Å². The van der Waals surface area contributed by atoms with E-state index in [2.05, 4.69) is 15.6 Å². The van der Waals surface area contributed by atoms with E-state index >= 15 is 0 Å².